The molecule has 0 spiro atoms. The third kappa shape index (κ3) is 8.48. The number of para-hydroxylation sites is 1. The average molecular weight is 543 g/mol. The number of primary amides is 1. The largest absolute Gasteiger partial charge is 0.369 e. The lowest BCUT2D eigenvalue weighted by molar-refractivity contribution is -0.123. The number of nitrogens with zero attached hydrogens (tertiary/aromatic N) is 3. The van der Waals surface area contributed by atoms with E-state index in [2.05, 4.69) is 57.7 Å². The van der Waals surface area contributed by atoms with Crippen molar-refractivity contribution in [1.29, 1.82) is 0 Å². The number of nitrogens with one attached hydrogen (secondary N) is 2. The monoisotopic (exact) mass is 542 g/mol. The van der Waals surface area contributed by atoms with Gasteiger partial charge in [0.25, 0.3) is 0 Å². The van der Waals surface area contributed by atoms with Gasteiger partial charge in [0.1, 0.15) is 0 Å². The molecule has 0 radical (unpaired) electrons. The lowest BCUT2D eigenvalue weighted by Gasteiger charge is -2.30. The molecule has 1 amide bonds. The van der Waals surface area contributed by atoms with Gasteiger partial charge in [-0.1, -0.05) is 18.2 Å². The number of anilines is 1. The van der Waals surface area contributed by atoms with Crippen molar-refractivity contribution >= 4 is 41.5 Å². The van der Waals surface area contributed by atoms with Gasteiger partial charge in [-0.15, -0.1) is 24.0 Å². The Bertz CT molecular complexity index is 678. The van der Waals surface area contributed by atoms with E-state index in [4.69, 9.17) is 10.7 Å². The number of likely N-dealkylation sites (tertiary alicyclic amines) is 1. The zero-order chi connectivity index (χ0) is 21.2. The predicted octanol–water partition coefficient (Wildman–Crippen LogP) is 2.42. The number of guanidine groups is 1. The van der Waals surface area contributed by atoms with E-state index < -0.39 is 0 Å². The molecule has 2 heterocycles. The Hall–Kier alpha value is -1.55. The molecule has 7 nitrogen and oxygen atoms in total. The van der Waals surface area contributed by atoms with Crippen LogP contribution in [-0.2, 0) is 4.79 Å². The molecule has 2 aliphatic heterocycles. The van der Waals surface area contributed by atoms with Crippen LogP contribution in [0.1, 0.15) is 39.0 Å². The number of aliphatic imine (C=N–C) groups is 1. The highest BCUT2D eigenvalue weighted by molar-refractivity contribution is 14.0. The highest BCUT2D eigenvalue weighted by Crippen LogP contribution is 2.19. The maximum absolute atomic E-state index is 11.3. The number of benzene rings is 1. The van der Waals surface area contributed by atoms with Gasteiger partial charge in [0.05, 0.1) is 0 Å². The smallest absolute Gasteiger partial charge is 0.220 e. The first kappa shape index (κ1) is 25.7. The number of carbonyl (C=O) groups is 1. The van der Waals surface area contributed by atoms with Crippen molar-refractivity contribution in [3.63, 3.8) is 0 Å². The van der Waals surface area contributed by atoms with Crippen LogP contribution in [0.2, 0.25) is 0 Å². The fraction of sp³-hybridized carbons (Fsp3) is 0.652. The van der Waals surface area contributed by atoms with E-state index >= 15 is 0 Å². The summed E-state index contributed by atoms with van der Waals surface area (Å²) >= 11 is 0. The number of piperidine rings is 1. The second-order valence-electron chi connectivity index (χ2n) is 8.40. The van der Waals surface area contributed by atoms with Crippen molar-refractivity contribution in [3.8, 4) is 0 Å². The number of amides is 1. The lowest BCUT2D eigenvalue weighted by Crippen LogP contribution is -2.44. The molecule has 1 aromatic rings. The topological polar surface area (TPSA) is 86.0 Å². The van der Waals surface area contributed by atoms with Crippen LogP contribution in [0.4, 0.5) is 5.69 Å². The third-order valence-electron chi connectivity index (χ3n) is 6.14. The molecular weight excluding hydrogens is 503 g/mol. The fourth-order valence-electron chi connectivity index (χ4n) is 4.34. The van der Waals surface area contributed by atoms with Crippen LogP contribution in [0.15, 0.2) is 35.3 Å². The van der Waals surface area contributed by atoms with Gasteiger partial charge in [-0.05, 0) is 70.8 Å². The van der Waals surface area contributed by atoms with E-state index in [1.165, 1.54) is 5.69 Å². The van der Waals surface area contributed by atoms with Gasteiger partial charge in [-0.25, -0.2) is 0 Å². The molecule has 2 saturated heterocycles. The summed E-state index contributed by atoms with van der Waals surface area (Å²) in [6.45, 7) is 8.96. The first-order chi connectivity index (χ1) is 14.7. The number of carbonyl (C=O) groups excluding carboxylic acids is 1. The van der Waals surface area contributed by atoms with Crippen molar-refractivity contribution in [2.24, 2.45) is 16.6 Å². The number of rotatable bonds is 9. The minimum atomic E-state index is -0.137. The number of hydrogen-bond acceptors (Lipinski definition) is 4. The number of hydrogen-bond donors (Lipinski definition) is 3. The summed E-state index contributed by atoms with van der Waals surface area (Å²) in [5, 5.41) is 7.00. The molecule has 4 N–H and O–H groups in total. The molecule has 1 atom stereocenters. The Labute approximate surface area is 204 Å². The molecule has 174 valence electrons. The quantitative estimate of drug-likeness (QED) is 0.193. The Morgan fingerprint density at radius 3 is 2.55 bits per heavy atom. The molecule has 8 heteroatoms. The van der Waals surface area contributed by atoms with Crippen molar-refractivity contribution in [3.05, 3.63) is 30.3 Å². The highest BCUT2D eigenvalue weighted by atomic mass is 127. The summed E-state index contributed by atoms with van der Waals surface area (Å²) in [4.78, 5) is 20.9. The molecule has 0 aromatic heterocycles. The van der Waals surface area contributed by atoms with Gasteiger partial charge < -0.3 is 26.2 Å². The van der Waals surface area contributed by atoms with Crippen LogP contribution in [0.25, 0.3) is 0 Å². The molecule has 3 rings (SSSR count). The van der Waals surface area contributed by atoms with Crippen molar-refractivity contribution in [1.82, 2.24) is 15.5 Å². The van der Waals surface area contributed by atoms with Crippen LogP contribution in [0, 0.1) is 5.92 Å². The molecule has 1 unspecified atom stereocenters. The van der Waals surface area contributed by atoms with E-state index in [1.54, 1.807) is 0 Å². The fourth-order valence-corrected chi connectivity index (χ4v) is 4.34. The molecule has 0 aliphatic carbocycles. The van der Waals surface area contributed by atoms with Gasteiger partial charge in [-0.3, -0.25) is 9.79 Å². The van der Waals surface area contributed by atoms with Gasteiger partial charge in [0, 0.05) is 43.8 Å². The summed E-state index contributed by atoms with van der Waals surface area (Å²) in [6.07, 6.45) is 5.15. The van der Waals surface area contributed by atoms with E-state index in [0.29, 0.717) is 6.04 Å². The van der Waals surface area contributed by atoms with Crippen LogP contribution in [0.5, 0.6) is 0 Å². The first-order valence-electron chi connectivity index (χ1n) is 11.5. The standard InChI is InChI=1S/C23H38N6O.HI/c1-2-25-23(27-20-12-17-29(18-20)21-8-4-3-5-9-21)26-13-6-7-14-28-15-10-19(11-16-28)22(24)30;/h3-5,8-9,19-20H,2,6-7,10-18H2,1H3,(H2,24,30)(H2,25,26,27);1H. The molecule has 31 heavy (non-hydrogen) atoms. The SMILES string of the molecule is CCNC(=NCCCCN1CCC(C(N)=O)CC1)NC1CCN(c2ccccc2)C1.I. The zero-order valence-corrected chi connectivity index (χ0v) is 21.1. The predicted molar refractivity (Wildman–Crippen MR) is 139 cm³/mol. The Morgan fingerprint density at radius 1 is 1.13 bits per heavy atom. The summed E-state index contributed by atoms with van der Waals surface area (Å²) in [5.41, 5.74) is 6.71. The van der Waals surface area contributed by atoms with Crippen molar-refractivity contribution in [2.45, 2.75) is 45.1 Å². The summed E-state index contributed by atoms with van der Waals surface area (Å²) in [7, 11) is 0. The number of unbranched alkanes of at least 4 members (excludes halogenated alkanes) is 1. The van der Waals surface area contributed by atoms with Gasteiger partial charge in [0.15, 0.2) is 5.96 Å². The van der Waals surface area contributed by atoms with Gasteiger partial charge >= 0.3 is 0 Å². The maximum atomic E-state index is 11.3. The summed E-state index contributed by atoms with van der Waals surface area (Å²) in [5.74, 6) is 0.870. The molecule has 2 aliphatic rings. The molecule has 0 saturated carbocycles. The minimum Gasteiger partial charge on any atom is -0.369 e. The molecule has 1 aromatic carbocycles. The second-order valence-corrected chi connectivity index (χ2v) is 8.40. The minimum absolute atomic E-state index is 0. The van der Waals surface area contributed by atoms with Gasteiger partial charge in [-0.2, -0.15) is 0 Å². The Morgan fingerprint density at radius 2 is 1.87 bits per heavy atom. The molecular formula is C23H39IN6O. The third-order valence-corrected chi connectivity index (χ3v) is 6.14. The molecule has 0 bridgehead atoms. The van der Waals surface area contributed by atoms with E-state index in [-0.39, 0.29) is 35.8 Å². The lowest BCUT2D eigenvalue weighted by atomic mass is 9.96. The first-order valence-corrected chi connectivity index (χ1v) is 11.5. The molecule has 2 fully saturated rings. The Balaban J connectivity index is 0.00000341. The second kappa shape index (κ2) is 13.8. The van der Waals surface area contributed by atoms with Crippen molar-refractivity contribution < 1.29 is 4.79 Å². The zero-order valence-electron chi connectivity index (χ0n) is 18.8. The normalized spacial score (nSPS) is 20.4. The number of halogens is 1. The summed E-state index contributed by atoms with van der Waals surface area (Å²) < 4.78 is 0. The highest BCUT2D eigenvalue weighted by Gasteiger charge is 2.24. The summed E-state index contributed by atoms with van der Waals surface area (Å²) in [6, 6.07) is 11.0. The number of nitrogens with two attached hydrogens (primary N) is 1. The van der Waals surface area contributed by atoms with E-state index in [9.17, 15) is 4.79 Å². The Kier molecular flexibility index (Phi) is 11.4. The van der Waals surface area contributed by atoms with Crippen LogP contribution >= 0.6 is 24.0 Å². The van der Waals surface area contributed by atoms with Crippen LogP contribution in [-0.4, -0.2) is 68.6 Å². The van der Waals surface area contributed by atoms with E-state index in [1.807, 2.05) is 0 Å². The maximum Gasteiger partial charge on any atom is 0.220 e. The van der Waals surface area contributed by atoms with Crippen LogP contribution in [0.3, 0.4) is 0 Å². The van der Waals surface area contributed by atoms with Crippen molar-refractivity contribution in [2.75, 3.05) is 50.7 Å². The van der Waals surface area contributed by atoms with E-state index in [0.717, 1.165) is 83.9 Å². The van der Waals surface area contributed by atoms with Gasteiger partial charge in [0.2, 0.25) is 5.91 Å². The average Bonchev–Trinajstić information content (AvgIpc) is 3.23. The van der Waals surface area contributed by atoms with Crippen LogP contribution < -0.4 is 21.3 Å².